The molecule has 2 rings (SSSR count). The van der Waals surface area contributed by atoms with Crippen LogP contribution in [-0.2, 0) is 21.1 Å². The average molecular weight is 288 g/mol. The van der Waals surface area contributed by atoms with Crippen molar-refractivity contribution in [3.8, 4) is 0 Å². The zero-order valence-electron chi connectivity index (χ0n) is 11.2. The summed E-state index contributed by atoms with van der Waals surface area (Å²) in [6, 6.07) is 15.9. The van der Waals surface area contributed by atoms with E-state index in [1.807, 2.05) is 30.3 Å². The second-order valence-electron chi connectivity index (χ2n) is 4.73. The Hall–Kier alpha value is -1.94. The van der Waals surface area contributed by atoms with Crippen LogP contribution in [0.4, 0.5) is 0 Å². The van der Waals surface area contributed by atoms with Crippen LogP contribution < -0.4 is 0 Å². The van der Waals surface area contributed by atoms with Crippen LogP contribution >= 0.6 is 0 Å². The van der Waals surface area contributed by atoms with E-state index in [4.69, 9.17) is 0 Å². The Morgan fingerprint density at radius 3 is 2.20 bits per heavy atom. The third-order valence-corrected chi connectivity index (χ3v) is 4.85. The van der Waals surface area contributed by atoms with E-state index in [-0.39, 0.29) is 17.1 Å². The van der Waals surface area contributed by atoms with E-state index >= 15 is 0 Å². The van der Waals surface area contributed by atoms with Gasteiger partial charge >= 0.3 is 0 Å². The fourth-order valence-corrected chi connectivity index (χ4v) is 3.60. The van der Waals surface area contributed by atoms with Crippen LogP contribution in [0, 0.1) is 6.92 Å². The zero-order chi connectivity index (χ0) is 14.6. The van der Waals surface area contributed by atoms with E-state index in [2.05, 4.69) is 0 Å². The van der Waals surface area contributed by atoms with Gasteiger partial charge in [-0.25, -0.2) is 8.42 Å². The van der Waals surface area contributed by atoms with Gasteiger partial charge in [0.25, 0.3) is 0 Å². The minimum absolute atomic E-state index is 0.145. The molecule has 0 saturated heterocycles. The van der Waals surface area contributed by atoms with E-state index in [9.17, 15) is 13.2 Å². The number of aryl methyl sites for hydroxylation is 1. The van der Waals surface area contributed by atoms with Crippen molar-refractivity contribution in [1.29, 1.82) is 0 Å². The van der Waals surface area contributed by atoms with Gasteiger partial charge in [0.15, 0.2) is 15.6 Å². The van der Waals surface area contributed by atoms with Gasteiger partial charge in [-0.2, -0.15) is 0 Å². The van der Waals surface area contributed by atoms with E-state index < -0.39 is 15.6 Å². The highest BCUT2D eigenvalue weighted by Crippen LogP contribution is 2.16. The average Bonchev–Trinajstić information content (AvgIpc) is 2.39. The first-order valence-corrected chi connectivity index (χ1v) is 7.98. The number of benzene rings is 2. The summed E-state index contributed by atoms with van der Waals surface area (Å²) in [7, 11) is -3.56. The molecule has 0 aliphatic heterocycles. The van der Waals surface area contributed by atoms with Crippen LogP contribution in [0.5, 0.6) is 0 Å². The van der Waals surface area contributed by atoms with Crippen molar-refractivity contribution in [3.63, 3.8) is 0 Å². The molecule has 3 nitrogen and oxygen atoms in total. The van der Waals surface area contributed by atoms with E-state index in [0.717, 1.165) is 5.56 Å². The molecule has 4 heteroatoms. The number of ketones is 1. The van der Waals surface area contributed by atoms with E-state index in [1.165, 1.54) is 0 Å². The van der Waals surface area contributed by atoms with Gasteiger partial charge < -0.3 is 0 Å². The molecule has 20 heavy (non-hydrogen) atoms. The quantitative estimate of drug-likeness (QED) is 0.849. The summed E-state index contributed by atoms with van der Waals surface area (Å²) in [4.78, 5) is 12.2. The van der Waals surface area contributed by atoms with Gasteiger partial charge in [-0.15, -0.1) is 0 Å². The molecule has 0 heterocycles. The van der Waals surface area contributed by atoms with Crippen LogP contribution in [0.2, 0.25) is 0 Å². The Labute approximate surface area is 119 Å². The third kappa shape index (κ3) is 3.54. The second-order valence-corrected chi connectivity index (χ2v) is 6.68. The maximum absolute atomic E-state index is 12.2. The highest BCUT2D eigenvalue weighted by molar-refractivity contribution is 7.92. The van der Waals surface area contributed by atoms with Gasteiger partial charge in [0.1, 0.15) is 5.75 Å². The number of carbonyl (C=O) groups excluding carboxylic acids is 1. The van der Waals surface area contributed by atoms with Crippen molar-refractivity contribution < 1.29 is 13.2 Å². The summed E-state index contributed by atoms with van der Waals surface area (Å²) < 4.78 is 24.5. The smallest absolute Gasteiger partial charge is 0.185 e. The maximum Gasteiger partial charge on any atom is 0.185 e. The van der Waals surface area contributed by atoms with Gasteiger partial charge in [0, 0.05) is 6.42 Å². The van der Waals surface area contributed by atoms with Crippen LogP contribution in [-0.4, -0.2) is 20.0 Å². The molecule has 0 amide bonds. The van der Waals surface area contributed by atoms with Crippen molar-refractivity contribution in [2.75, 3.05) is 5.75 Å². The molecule has 0 spiro atoms. The number of carbonyl (C=O) groups is 1. The molecular formula is C16H16O3S. The monoisotopic (exact) mass is 288 g/mol. The van der Waals surface area contributed by atoms with E-state index in [1.54, 1.807) is 31.2 Å². The van der Waals surface area contributed by atoms with Crippen LogP contribution in [0.15, 0.2) is 59.5 Å². The molecule has 0 saturated carbocycles. The lowest BCUT2D eigenvalue weighted by molar-refractivity contribution is -0.116. The van der Waals surface area contributed by atoms with Crippen molar-refractivity contribution >= 4 is 15.6 Å². The molecule has 2 aromatic carbocycles. The molecule has 0 aliphatic rings. The summed E-state index contributed by atoms with van der Waals surface area (Å²) in [6.07, 6.45) is 0.145. The summed E-state index contributed by atoms with van der Waals surface area (Å²) in [5.41, 5.74) is 1.50. The highest BCUT2D eigenvalue weighted by Gasteiger charge is 2.20. The molecule has 2 aromatic rings. The summed E-state index contributed by atoms with van der Waals surface area (Å²) >= 11 is 0. The van der Waals surface area contributed by atoms with Crippen molar-refractivity contribution in [3.05, 3.63) is 65.7 Å². The first-order valence-electron chi connectivity index (χ1n) is 6.33. The fourth-order valence-electron chi connectivity index (χ4n) is 2.07. The molecule has 0 fully saturated rings. The largest absolute Gasteiger partial charge is 0.298 e. The molecule has 0 aromatic heterocycles. The number of rotatable bonds is 5. The number of Topliss-reactive ketones (excluding diaryl/α,β-unsaturated/α-hetero) is 1. The van der Waals surface area contributed by atoms with Crippen molar-refractivity contribution in [2.45, 2.75) is 18.2 Å². The first kappa shape index (κ1) is 14.5. The maximum atomic E-state index is 12.2. The van der Waals surface area contributed by atoms with Gasteiger partial charge in [0.2, 0.25) is 0 Å². The Kier molecular flexibility index (Phi) is 4.35. The molecule has 104 valence electrons. The Morgan fingerprint density at radius 1 is 0.950 bits per heavy atom. The molecule has 0 unspecified atom stereocenters. The third-order valence-electron chi connectivity index (χ3n) is 3.02. The first-order chi connectivity index (χ1) is 9.49. The number of sulfone groups is 1. The standard InChI is InChI=1S/C16H16O3S/c1-13-7-5-6-10-16(13)20(18,19)12-15(17)11-14-8-3-2-4-9-14/h2-10H,11-12H2,1H3. The van der Waals surface area contributed by atoms with Crippen LogP contribution in [0.25, 0.3) is 0 Å². The Bertz CT molecular complexity index is 704. The van der Waals surface area contributed by atoms with Crippen molar-refractivity contribution in [1.82, 2.24) is 0 Å². The fraction of sp³-hybridized carbons (Fsp3) is 0.188. The Balaban J connectivity index is 2.13. The minimum Gasteiger partial charge on any atom is -0.298 e. The summed E-state index contributed by atoms with van der Waals surface area (Å²) in [5, 5.41) is 0. The van der Waals surface area contributed by atoms with Crippen molar-refractivity contribution in [2.24, 2.45) is 0 Å². The van der Waals surface area contributed by atoms with E-state index in [0.29, 0.717) is 5.56 Å². The zero-order valence-corrected chi connectivity index (χ0v) is 12.1. The summed E-state index contributed by atoms with van der Waals surface area (Å²) in [5.74, 6) is -0.744. The predicted octanol–water partition coefficient (Wildman–Crippen LogP) is 2.58. The molecule has 0 radical (unpaired) electrons. The lowest BCUT2D eigenvalue weighted by atomic mass is 10.1. The molecule has 0 bridgehead atoms. The lowest BCUT2D eigenvalue weighted by Crippen LogP contribution is -2.18. The normalized spacial score (nSPS) is 11.2. The number of hydrogen-bond acceptors (Lipinski definition) is 3. The van der Waals surface area contributed by atoms with Gasteiger partial charge in [-0.3, -0.25) is 4.79 Å². The minimum atomic E-state index is -3.56. The molecule has 0 N–H and O–H groups in total. The topological polar surface area (TPSA) is 51.2 Å². The second kappa shape index (κ2) is 6.01. The highest BCUT2D eigenvalue weighted by atomic mass is 32.2. The predicted molar refractivity (Wildman–Crippen MR) is 78.4 cm³/mol. The van der Waals surface area contributed by atoms with Crippen LogP contribution in [0.3, 0.4) is 0 Å². The van der Waals surface area contributed by atoms with Crippen LogP contribution in [0.1, 0.15) is 11.1 Å². The SMILES string of the molecule is Cc1ccccc1S(=O)(=O)CC(=O)Cc1ccccc1. The van der Waals surface area contributed by atoms with Gasteiger partial charge in [-0.05, 0) is 24.1 Å². The summed E-state index contributed by atoms with van der Waals surface area (Å²) in [6.45, 7) is 1.73. The Morgan fingerprint density at radius 2 is 1.55 bits per heavy atom. The van der Waals surface area contributed by atoms with Gasteiger partial charge in [-0.1, -0.05) is 48.5 Å². The molecule has 0 atom stereocenters. The molecular weight excluding hydrogens is 272 g/mol. The van der Waals surface area contributed by atoms with Gasteiger partial charge in [0.05, 0.1) is 4.90 Å². The molecule has 0 aliphatic carbocycles. The lowest BCUT2D eigenvalue weighted by Gasteiger charge is -2.07. The number of hydrogen-bond donors (Lipinski definition) is 0.